The fourth-order valence-electron chi connectivity index (χ4n) is 2.93. The minimum absolute atomic E-state index is 0.0738. The van der Waals surface area contributed by atoms with Crippen LogP contribution in [-0.2, 0) is 11.2 Å². The quantitative estimate of drug-likeness (QED) is 0.859. The molecule has 0 aliphatic heterocycles. The molecule has 0 aliphatic carbocycles. The van der Waals surface area contributed by atoms with Gasteiger partial charge in [-0.1, -0.05) is 20.8 Å². The maximum Gasteiger partial charge on any atom is 0.328 e. The van der Waals surface area contributed by atoms with Gasteiger partial charge < -0.3 is 5.11 Å². The second-order valence-electron chi connectivity index (χ2n) is 6.27. The van der Waals surface area contributed by atoms with Crippen molar-refractivity contribution in [2.45, 2.75) is 52.5 Å². The van der Waals surface area contributed by atoms with Crippen LogP contribution in [0.1, 0.15) is 61.7 Å². The average Bonchev–Trinajstić information content (AvgIpc) is 2.76. The maximum absolute atomic E-state index is 13.4. The first-order valence-electron chi connectivity index (χ1n) is 8.00. The second kappa shape index (κ2) is 7.11. The third-order valence-corrected chi connectivity index (χ3v) is 4.12. The van der Waals surface area contributed by atoms with Crippen LogP contribution in [0, 0.1) is 18.6 Å². The number of nitrogens with zero attached hydrogens (tertiary/aromatic N) is 2. The molecule has 1 aromatic heterocycles. The summed E-state index contributed by atoms with van der Waals surface area (Å²) in [5, 5.41) is 13.9. The number of halogens is 2. The molecule has 6 heteroatoms. The number of hydrogen-bond donors (Lipinski definition) is 1. The predicted octanol–water partition coefficient (Wildman–Crippen LogP) is 4.22. The fraction of sp³-hybridized carbons (Fsp3) is 0.444. The molecule has 2 rings (SSSR count). The topological polar surface area (TPSA) is 55.1 Å². The zero-order valence-electron chi connectivity index (χ0n) is 14.3. The second-order valence-corrected chi connectivity index (χ2v) is 6.27. The summed E-state index contributed by atoms with van der Waals surface area (Å²) >= 11 is 0. The summed E-state index contributed by atoms with van der Waals surface area (Å²) in [4.78, 5) is 11.5. The lowest BCUT2D eigenvalue weighted by Gasteiger charge is -2.13. The van der Waals surface area contributed by atoms with Gasteiger partial charge in [0.2, 0.25) is 0 Å². The Hall–Kier alpha value is -2.24. The van der Waals surface area contributed by atoms with Crippen LogP contribution in [0.3, 0.4) is 0 Å². The highest BCUT2D eigenvalue weighted by molar-refractivity contribution is 5.71. The van der Waals surface area contributed by atoms with Gasteiger partial charge >= 0.3 is 5.97 Å². The van der Waals surface area contributed by atoms with Gasteiger partial charge in [0.05, 0.1) is 5.69 Å². The molecule has 0 amide bonds. The molecule has 1 unspecified atom stereocenters. The Labute approximate surface area is 140 Å². The van der Waals surface area contributed by atoms with E-state index in [-0.39, 0.29) is 5.92 Å². The Morgan fingerprint density at radius 2 is 1.83 bits per heavy atom. The molecule has 2 aromatic rings. The van der Waals surface area contributed by atoms with E-state index in [9.17, 15) is 18.7 Å². The van der Waals surface area contributed by atoms with E-state index >= 15 is 0 Å². The molecular formula is C18H22F2N2O2. The average molecular weight is 336 g/mol. The highest BCUT2D eigenvalue weighted by Gasteiger charge is 2.25. The van der Waals surface area contributed by atoms with Crippen molar-refractivity contribution in [3.05, 3.63) is 52.3 Å². The molecule has 0 spiro atoms. The molecular weight excluding hydrogens is 314 g/mol. The van der Waals surface area contributed by atoms with Gasteiger partial charge in [-0.2, -0.15) is 5.10 Å². The summed E-state index contributed by atoms with van der Waals surface area (Å²) in [5.74, 6) is -2.12. The van der Waals surface area contributed by atoms with E-state index in [4.69, 9.17) is 0 Å². The Morgan fingerprint density at radius 1 is 1.25 bits per heavy atom. The molecule has 130 valence electrons. The van der Waals surface area contributed by atoms with Crippen molar-refractivity contribution in [3.63, 3.8) is 0 Å². The van der Waals surface area contributed by atoms with E-state index < -0.39 is 23.6 Å². The standard InChI is InChI=1S/C18H22F2N2O2/c1-5-16(18(23)24)22-11(4)15(17(21-22)10(2)3)8-12-6-13(19)9-14(20)7-12/h6-7,9-10,16H,5,8H2,1-4H3,(H,23,24). The normalized spacial score (nSPS) is 12.6. The maximum atomic E-state index is 13.4. The van der Waals surface area contributed by atoms with Crippen LogP contribution in [0.4, 0.5) is 8.78 Å². The summed E-state index contributed by atoms with van der Waals surface area (Å²) in [7, 11) is 0. The zero-order valence-corrected chi connectivity index (χ0v) is 14.3. The molecule has 0 saturated carbocycles. The van der Waals surface area contributed by atoms with Crippen molar-refractivity contribution in [2.75, 3.05) is 0 Å². The van der Waals surface area contributed by atoms with Gasteiger partial charge in [-0.25, -0.2) is 13.6 Å². The first-order chi connectivity index (χ1) is 11.2. The molecule has 0 fully saturated rings. The molecule has 0 aliphatic rings. The van der Waals surface area contributed by atoms with Crippen LogP contribution in [0.5, 0.6) is 0 Å². The van der Waals surface area contributed by atoms with E-state index in [1.807, 2.05) is 13.8 Å². The molecule has 1 N–H and O–H groups in total. The van der Waals surface area contributed by atoms with Gasteiger partial charge in [-0.15, -0.1) is 0 Å². The Bertz CT molecular complexity index is 733. The highest BCUT2D eigenvalue weighted by atomic mass is 19.1. The van der Waals surface area contributed by atoms with Gasteiger partial charge in [0.15, 0.2) is 0 Å². The molecule has 1 heterocycles. The lowest BCUT2D eigenvalue weighted by atomic mass is 9.97. The number of aliphatic carboxylic acids is 1. The number of hydrogen-bond acceptors (Lipinski definition) is 2. The monoisotopic (exact) mass is 336 g/mol. The van der Waals surface area contributed by atoms with Crippen LogP contribution >= 0.6 is 0 Å². The number of carboxylic acids is 1. The minimum Gasteiger partial charge on any atom is -0.480 e. The Balaban J connectivity index is 2.52. The van der Waals surface area contributed by atoms with Gasteiger partial charge in [0.25, 0.3) is 0 Å². The summed E-state index contributed by atoms with van der Waals surface area (Å²) < 4.78 is 28.4. The van der Waals surface area contributed by atoms with E-state index in [2.05, 4.69) is 5.10 Å². The van der Waals surface area contributed by atoms with Crippen LogP contribution in [0.15, 0.2) is 18.2 Å². The first-order valence-corrected chi connectivity index (χ1v) is 8.00. The van der Waals surface area contributed by atoms with Crippen molar-refractivity contribution < 1.29 is 18.7 Å². The van der Waals surface area contributed by atoms with Crippen molar-refractivity contribution in [3.8, 4) is 0 Å². The number of rotatable bonds is 6. The van der Waals surface area contributed by atoms with Crippen LogP contribution in [0.2, 0.25) is 0 Å². The number of carbonyl (C=O) groups is 1. The third-order valence-electron chi connectivity index (χ3n) is 4.12. The van der Waals surface area contributed by atoms with Crippen molar-refractivity contribution in [2.24, 2.45) is 0 Å². The third kappa shape index (κ3) is 3.63. The first kappa shape index (κ1) is 18.1. The molecule has 4 nitrogen and oxygen atoms in total. The zero-order chi connectivity index (χ0) is 18.0. The number of carboxylic acid groups (broad SMARTS) is 1. The lowest BCUT2D eigenvalue weighted by molar-refractivity contribution is -0.141. The molecule has 1 aromatic carbocycles. The van der Waals surface area contributed by atoms with Crippen LogP contribution in [0.25, 0.3) is 0 Å². The molecule has 1 atom stereocenters. The summed E-state index contributed by atoms with van der Waals surface area (Å²) in [6.07, 6.45) is 0.716. The van der Waals surface area contributed by atoms with Gasteiger partial charge in [0.1, 0.15) is 17.7 Å². The van der Waals surface area contributed by atoms with Gasteiger partial charge in [-0.05, 0) is 37.0 Å². The minimum atomic E-state index is -0.943. The van der Waals surface area contributed by atoms with Crippen LogP contribution in [-0.4, -0.2) is 20.9 Å². The SMILES string of the molecule is CCC(C(=O)O)n1nc(C(C)C)c(Cc2cc(F)cc(F)c2)c1C. The molecule has 0 radical (unpaired) electrons. The van der Waals surface area contributed by atoms with E-state index in [1.165, 1.54) is 16.8 Å². The van der Waals surface area contributed by atoms with Gasteiger partial charge in [-0.3, -0.25) is 4.68 Å². The van der Waals surface area contributed by atoms with Crippen molar-refractivity contribution >= 4 is 5.97 Å². The lowest BCUT2D eigenvalue weighted by Crippen LogP contribution is -2.20. The summed E-state index contributed by atoms with van der Waals surface area (Å²) in [6, 6.07) is 2.66. The largest absolute Gasteiger partial charge is 0.480 e. The Kier molecular flexibility index (Phi) is 5.36. The van der Waals surface area contributed by atoms with E-state index in [0.717, 1.165) is 23.0 Å². The van der Waals surface area contributed by atoms with Crippen LogP contribution < -0.4 is 0 Å². The van der Waals surface area contributed by atoms with E-state index in [0.29, 0.717) is 18.4 Å². The summed E-state index contributed by atoms with van der Waals surface area (Å²) in [5.41, 5.74) is 2.81. The number of benzene rings is 1. The fourth-order valence-corrected chi connectivity index (χ4v) is 2.93. The van der Waals surface area contributed by atoms with Crippen molar-refractivity contribution in [1.29, 1.82) is 0 Å². The van der Waals surface area contributed by atoms with E-state index in [1.54, 1.807) is 13.8 Å². The highest BCUT2D eigenvalue weighted by Crippen LogP contribution is 2.28. The smallest absolute Gasteiger partial charge is 0.328 e. The predicted molar refractivity (Wildman–Crippen MR) is 87.2 cm³/mol. The Morgan fingerprint density at radius 3 is 2.29 bits per heavy atom. The molecule has 0 saturated heterocycles. The summed E-state index contributed by atoms with van der Waals surface area (Å²) in [6.45, 7) is 7.51. The molecule has 0 bridgehead atoms. The van der Waals surface area contributed by atoms with Crippen molar-refractivity contribution in [1.82, 2.24) is 9.78 Å². The van der Waals surface area contributed by atoms with Gasteiger partial charge in [0, 0.05) is 23.7 Å². The number of aromatic nitrogens is 2. The molecule has 24 heavy (non-hydrogen) atoms.